The van der Waals surface area contributed by atoms with Crippen LogP contribution in [0.25, 0.3) is 11.0 Å². The van der Waals surface area contributed by atoms with Crippen LogP contribution in [0.3, 0.4) is 0 Å². The molecule has 0 aliphatic heterocycles. The first-order chi connectivity index (χ1) is 8.38. The number of benzene rings is 1. The lowest BCUT2D eigenvalue weighted by atomic mass is 10.2. The van der Waals surface area contributed by atoms with Gasteiger partial charge in [0, 0.05) is 0 Å². The number of hydrogen-bond acceptors (Lipinski definition) is 5. The SMILES string of the molecule is NS(=O)(=O)CCn1nnc2c(C(=O)O)cccc21. The molecular weight excluding hydrogens is 260 g/mol. The molecule has 0 bridgehead atoms. The topological polar surface area (TPSA) is 128 Å². The number of aryl methyl sites for hydroxylation is 1. The monoisotopic (exact) mass is 270 g/mol. The molecule has 1 aromatic heterocycles. The Morgan fingerprint density at radius 3 is 2.78 bits per heavy atom. The molecule has 96 valence electrons. The van der Waals surface area contributed by atoms with Crippen LogP contribution in [-0.4, -0.2) is 40.2 Å². The third kappa shape index (κ3) is 2.46. The van der Waals surface area contributed by atoms with Crippen molar-refractivity contribution < 1.29 is 18.3 Å². The van der Waals surface area contributed by atoms with Crippen molar-refractivity contribution in [2.24, 2.45) is 5.14 Å². The summed E-state index contributed by atoms with van der Waals surface area (Å²) in [5, 5.41) is 21.3. The lowest BCUT2D eigenvalue weighted by molar-refractivity contribution is 0.0699. The van der Waals surface area contributed by atoms with Gasteiger partial charge in [0.25, 0.3) is 0 Å². The molecule has 0 radical (unpaired) electrons. The van der Waals surface area contributed by atoms with Crippen molar-refractivity contribution in [3.8, 4) is 0 Å². The number of carboxylic acid groups (broad SMARTS) is 1. The first kappa shape index (κ1) is 12.5. The second-order valence-corrected chi connectivity index (χ2v) is 5.39. The Morgan fingerprint density at radius 1 is 1.44 bits per heavy atom. The van der Waals surface area contributed by atoms with Crippen LogP contribution in [0.5, 0.6) is 0 Å². The van der Waals surface area contributed by atoms with Crippen LogP contribution in [-0.2, 0) is 16.6 Å². The normalized spacial score (nSPS) is 11.8. The van der Waals surface area contributed by atoms with Gasteiger partial charge < -0.3 is 5.11 Å². The summed E-state index contributed by atoms with van der Waals surface area (Å²) in [6, 6.07) is 4.57. The van der Waals surface area contributed by atoms with E-state index in [1.54, 1.807) is 12.1 Å². The lowest BCUT2D eigenvalue weighted by Crippen LogP contribution is -2.20. The van der Waals surface area contributed by atoms with E-state index in [0.717, 1.165) is 0 Å². The lowest BCUT2D eigenvalue weighted by Gasteiger charge is -2.01. The zero-order chi connectivity index (χ0) is 13.3. The van der Waals surface area contributed by atoms with E-state index >= 15 is 0 Å². The fraction of sp³-hybridized carbons (Fsp3) is 0.222. The Kier molecular flexibility index (Phi) is 3.01. The minimum absolute atomic E-state index is 0.0226. The molecule has 0 unspecified atom stereocenters. The van der Waals surface area contributed by atoms with Crippen molar-refractivity contribution in [3.63, 3.8) is 0 Å². The molecule has 8 nitrogen and oxygen atoms in total. The number of carboxylic acids is 1. The quantitative estimate of drug-likeness (QED) is 0.764. The maximum atomic E-state index is 10.9. The van der Waals surface area contributed by atoms with Crippen LogP contribution in [0.2, 0.25) is 0 Å². The van der Waals surface area contributed by atoms with E-state index in [2.05, 4.69) is 10.3 Å². The van der Waals surface area contributed by atoms with Crippen LogP contribution in [0.4, 0.5) is 0 Å². The zero-order valence-electron chi connectivity index (χ0n) is 9.15. The molecule has 1 aromatic carbocycles. The summed E-state index contributed by atoms with van der Waals surface area (Å²) >= 11 is 0. The van der Waals surface area contributed by atoms with Crippen molar-refractivity contribution in [2.45, 2.75) is 6.54 Å². The molecule has 1 heterocycles. The van der Waals surface area contributed by atoms with Gasteiger partial charge in [0.05, 0.1) is 23.4 Å². The van der Waals surface area contributed by atoms with Gasteiger partial charge in [0.1, 0.15) is 5.52 Å². The second kappa shape index (κ2) is 4.35. The highest BCUT2D eigenvalue weighted by Gasteiger charge is 2.14. The second-order valence-electron chi connectivity index (χ2n) is 3.66. The first-order valence-electron chi connectivity index (χ1n) is 4.94. The molecule has 2 aromatic rings. The fourth-order valence-electron chi connectivity index (χ4n) is 1.54. The summed E-state index contributed by atoms with van der Waals surface area (Å²) in [4.78, 5) is 10.9. The Labute approximate surface area is 102 Å². The van der Waals surface area contributed by atoms with Crippen molar-refractivity contribution >= 4 is 27.0 Å². The van der Waals surface area contributed by atoms with Gasteiger partial charge in [-0.1, -0.05) is 11.3 Å². The summed E-state index contributed by atoms with van der Waals surface area (Å²) < 4.78 is 23.0. The smallest absolute Gasteiger partial charge is 0.338 e. The van der Waals surface area contributed by atoms with Crippen molar-refractivity contribution in [2.75, 3.05) is 5.75 Å². The molecule has 0 aliphatic carbocycles. The molecule has 2 rings (SSSR count). The number of primary sulfonamides is 1. The van der Waals surface area contributed by atoms with Gasteiger partial charge in [-0.05, 0) is 12.1 Å². The van der Waals surface area contributed by atoms with Crippen LogP contribution < -0.4 is 5.14 Å². The van der Waals surface area contributed by atoms with Crippen LogP contribution in [0.15, 0.2) is 18.2 Å². The highest BCUT2D eigenvalue weighted by molar-refractivity contribution is 7.89. The fourth-order valence-corrected chi connectivity index (χ4v) is 1.97. The molecule has 9 heteroatoms. The Morgan fingerprint density at radius 2 is 2.17 bits per heavy atom. The number of fused-ring (bicyclic) bond motifs is 1. The van der Waals surface area contributed by atoms with E-state index < -0.39 is 16.0 Å². The van der Waals surface area contributed by atoms with Gasteiger partial charge in [-0.3, -0.25) is 0 Å². The van der Waals surface area contributed by atoms with Gasteiger partial charge in [0.2, 0.25) is 10.0 Å². The summed E-state index contributed by atoms with van der Waals surface area (Å²) in [5.41, 5.74) is 0.701. The van der Waals surface area contributed by atoms with Gasteiger partial charge in [-0.25, -0.2) is 23.0 Å². The molecule has 3 N–H and O–H groups in total. The van der Waals surface area contributed by atoms with E-state index in [0.29, 0.717) is 5.52 Å². The molecular formula is C9H10N4O4S. The molecule has 18 heavy (non-hydrogen) atoms. The van der Waals surface area contributed by atoms with E-state index in [-0.39, 0.29) is 23.4 Å². The van der Waals surface area contributed by atoms with Crippen LogP contribution in [0.1, 0.15) is 10.4 Å². The highest BCUT2D eigenvalue weighted by atomic mass is 32.2. The minimum atomic E-state index is -3.60. The molecule has 0 spiro atoms. The number of carbonyl (C=O) groups is 1. The predicted molar refractivity (Wildman–Crippen MR) is 62.5 cm³/mol. The van der Waals surface area contributed by atoms with E-state index in [4.69, 9.17) is 10.2 Å². The standard InChI is InChI=1S/C9H10N4O4S/c10-18(16,17)5-4-13-7-3-1-2-6(9(14)15)8(7)11-12-13/h1-3H,4-5H2,(H,14,15)(H2,10,16,17). The predicted octanol–water partition coefficient (Wildman–Crippen LogP) is -0.582. The average Bonchev–Trinajstić information content (AvgIpc) is 2.68. The summed E-state index contributed by atoms with van der Waals surface area (Å²) in [5.74, 6) is -1.40. The first-order valence-corrected chi connectivity index (χ1v) is 6.66. The average molecular weight is 270 g/mol. The molecule has 0 saturated carbocycles. The maximum absolute atomic E-state index is 10.9. The molecule has 0 amide bonds. The van der Waals surface area contributed by atoms with Crippen molar-refractivity contribution in [1.82, 2.24) is 15.0 Å². The Hall–Kier alpha value is -2.00. The molecule has 0 saturated heterocycles. The minimum Gasteiger partial charge on any atom is -0.478 e. The maximum Gasteiger partial charge on any atom is 0.338 e. The molecule has 0 atom stereocenters. The molecule has 0 fully saturated rings. The summed E-state index contributed by atoms with van der Waals surface area (Å²) in [6.07, 6.45) is 0. The number of hydrogen-bond donors (Lipinski definition) is 2. The third-order valence-electron chi connectivity index (χ3n) is 2.36. The third-order valence-corrected chi connectivity index (χ3v) is 3.12. The Bertz CT molecular complexity index is 706. The number of aromatic carboxylic acids is 1. The summed E-state index contributed by atoms with van der Waals surface area (Å²) in [7, 11) is -3.60. The van der Waals surface area contributed by atoms with Crippen molar-refractivity contribution in [3.05, 3.63) is 23.8 Å². The van der Waals surface area contributed by atoms with Gasteiger partial charge in [0.15, 0.2) is 0 Å². The number of nitrogens with zero attached hydrogens (tertiary/aromatic N) is 3. The van der Waals surface area contributed by atoms with Gasteiger partial charge in [-0.2, -0.15) is 0 Å². The van der Waals surface area contributed by atoms with Crippen LogP contribution in [0, 0.1) is 0 Å². The Balaban J connectivity index is 2.43. The largest absolute Gasteiger partial charge is 0.478 e. The van der Waals surface area contributed by atoms with Gasteiger partial charge >= 0.3 is 5.97 Å². The summed E-state index contributed by atoms with van der Waals surface area (Å²) in [6.45, 7) is 0.0262. The number of rotatable bonds is 4. The van der Waals surface area contributed by atoms with E-state index in [1.165, 1.54) is 10.7 Å². The van der Waals surface area contributed by atoms with Crippen LogP contribution >= 0.6 is 0 Å². The van der Waals surface area contributed by atoms with Crippen molar-refractivity contribution in [1.29, 1.82) is 0 Å². The van der Waals surface area contributed by atoms with Gasteiger partial charge in [-0.15, -0.1) is 5.10 Å². The van der Waals surface area contributed by atoms with E-state index in [1.807, 2.05) is 0 Å². The zero-order valence-corrected chi connectivity index (χ0v) is 9.96. The number of aromatic nitrogens is 3. The highest BCUT2D eigenvalue weighted by Crippen LogP contribution is 2.15. The number of sulfonamides is 1. The van der Waals surface area contributed by atoms with E-state index in [9.17, 15) is 13.2 Å². The number of nitrogens with two attached hydrogens (primary N) is 1. The molecule has 0 aliphatic rings.